The average Bonchev–Trinajstić information content (AvgIpc) is 3.65. The molecule has 2 amide bonds. The van der Waals surface area contributed by atoms with Gasteiger partial charge in [-0.2, -0.15) is 5.06 Å². The predicted molar refractivity (Wildman–Crippen MR) is 200 cm³/mol. The van der Waals surface area contributed by atoms with E-state index in [9.17, 15) is 19.8 Å². The van der Waals surface area contributed by atoms with Gasteiger partial charge in [0.1, 0.15) is 12.1 Å². The fourth-order valence-electron chi connectivity index (χ4n) is 11.9. The largest absolute Gasteiger partial charge is 0.394 e. The highest BCUT2D eigenvalue weighted by atomic mass is 16.7. The summed E-state index contributed by atoms with van der Waals surface area (Å²) in [5, 5.41) is 32.0. The van der Waals surface area contributed by atoms with E-state index in [4.69, 9.17) is 9.57 Å². The summed E-state index contributed by atoms with van der Waals surface area (Å²) >= 11 is 0. The number of carbonyl (C=O) groups excluding carboxylic acids is 2. The zero-order chi connectivity index (χ0) is 37.6. The van der Waals surface area contributed by atoms with Gasteiger partial charge < -0.3 is 30.5 Å². The summed E-state index contributed by atoms with van der Waals surface area (Å²) in [4.78, 5) is 36.7. The van der Waals surface area contributed by atoms with Crippen LogP contribution in [0, 0.1) is 52.8 Å². The van der Waals surface area contributed by atoms with E-state index in [0.29, 0.717) is 54.3 Å². The molecule has 0 aromatic carbocycles. The molecule has 52 heavy (non-hydrogen) atoms. The van der Waals surface area contributed by atoms with Gasteiger partial charge in [-0.25, -0.2) is 5.01 Å². The van der Waals surface area contributed by atoms with E-state index < -0.39 is 24.2 Å². The molecule has 2 saturated heterocycles. The molecule has 0 spiro atoms. The highest BCUT2D eigenvalue weighted by Crippen LogP contribution is 2.61. The Morgan fingerprint density at radius 3 is 2.42 bits per heavy atom. The van der Waals surface area contributed by atoms with Crippen LogP contribution in [0.15, 0.2) is 0 Å². The van der Waals surface area contributed by atoms with E-state index in [1.54, 1.807) is 19.1 Å². The van der Waals surface area contributed by atoms with Gasteiger partial charge in [-0.1, -0.05) is 27.2 Å². The molecule has 5 N–H and O–H groups in total. The summed E-state index contributed by atoms with van der Waals surface area (Å²) in [5.74, 6) is 1.77. The van der Waals surface area contributed by atoms with Crippen molar-refractivity contribution >= 4 is 11.8 Å². The first-order valence-electron chi connectivity index (χ1n) is 20.6. The Morgan fingerprint density at radius 1 is 1.08 bits per heavy atom. The van der Waals surface area contributed by atoms with Crippen molar-refractivity contribution in [3.63, 3.8) is 0 Å². The van der Waals surface area contributed by atoms with Crippen molar-refractivity contribution < 1.29 is 29.4 Å². The molecule has 7 rings (SSSR count). The number of hydrogen-bond acceptors (Lipinski definition) is 10. The van der Waals surface area contributed by atoms with Gasteiger partial charge in [0.15, 0.2) is 0 Å². The third-order valence-corrected chi connectivity index (χ3v) is 15.4. The molecule has 7 aliphatic rings. The standard InChI is InChI=1S/C40H72N6O6/c1-22-13-29(43-45(22)8)19-41-38(49)27-14-26(15-30(16-27)44(6)7)31-12-10-11-25(37(31)51-9)20-46-36(35(24(3)48)34(21-47)52-46)39(50)42-33-18-28-17-32(23(33)2)40(28,4)5/h22-37,43,47-48H,10-21H2,1-9H3,(H,41,49)(H,42,50)/t22?,23-,24-,25?,26?,27?,28+,29?,30?,31?,32-,33-,34-,35-,36-,37?/m0/s1. The molecule has 16 atom stereocenters. The van der Waals surface area contributed by atoms with E-state index in [2.05, 4.69) is 74.8 Å². The van der Waals surface area contributed by atoms with Gasteiger partial charge in [-0.15, -0.1) is 0 Å². The van der Waals surface area contributed by atoms with Crippen molar-refractivity contribution in [2.24, 2.45) is 52.8 Å². The fourth-order valence-corrected chi connectivity index (χ4v) is 11.9. The van der Waals surface area contributed by atoms with Gasteiger partial charge in [0.2, 0.25) is 11.8 Å². The minimum Gasteiger partial charge on any atom is -0.394 e. The van der Waals surface area contributed by atoms with Crippen LogP contribution < -0.4 is 16.1 Å². The molecule has 2 heterocycles. The number of methoxy groups -OCH3 is 1. The van der Waals surface area contributed by atoms with Gasteiger partial charge in [0.05, 0.1) is 18.8 Å². The van der Waals surface area contributed by atoms with Crippen molar-refractivity contribution in [3.05, 3.63) is 0 Å². The summed E-state index contributed by atoms with van der Waals surface area (Å²) < 4.78 is 6.39. The zero-order valence-electron chi connectivity index (χ0n) is 33.6. The second-order valence-electron chi connectivity index (χ2n) is 18.9. The number of hydrazine groups is 1. The van der Waals surface area contributed by atoms with Crippen LogP contribution in [0.4, 0.5) is 0 Å². The van der Waals surface area contributed by atoms with Gasteiger partial charge in [0.25, 0.3) is 0 Å². The van der Waals surface area contributed by atoms with Crippen LogP contribution in [0.1, 0.15) is 92.4 Å². The van der Waals surface area contributed by atoms with E-state index in [-0.39, 0.29) is 54.4 Å². The number of rotatable bonds is 12. The molecular weight excluding hydrogens is 660 g/mol. The quantitative estimate of drug-likeness (QED) is 0.204. The third-order valence-electron chi connectivity index (χ3n) is 15.4. The number of aliphatic hydroxyl groups is 2. The molecule has 2 aliphatic heterocycles. The highest BCUT2D eigenvalue weighted by Gasteiger charge is 2.58. The van der Waals surface area contributed by atoms with Crippen LogP contribution in [0.3, 0.4) is 0 Å². The van der Waals surface area contributed by atoms with Crippen molar-refractivity contribution in [2.75, 3.05) is 47.9 Å². The second-order valence-corrected chi connectivity index (χ2v) is 18.9. The first kappa shape index (κ1) is 40.3. The summed E-state index contributed by atoms with van der Waals surface area (Å²) in [6, 6.07) is 0.415. The lowest BCUT2D eigenvalue weighted by molar-refractivity contribution is -0.193. The van der Waals surface area contributed by atoms with Gasteiger partial charge in [-0.05, 0) is 114 Å². The van der Waals surface area contributed by atoms with Crippen LogP contribution in [-0.4, -0.2) is 133 Å². The van der Waals surface area contributed by atoms with Gasteiger partial charge >= 0.3 is 0 Å². The summed E-state index contributed by atoms with van der Waals surface area (Å²) in [7, 11) is 8.12. The molecule has 298 valence electrons. The molecule has 2 bridgehead atoms. The Hall–Kier alpha value is -1.38. The smallest absolute Gasteiger partial charge is 0.240 e. The minimum absolute atomic E-state index is 0.0496. The number of hydrogen-bond donors (Lipinski definition) is 5. The number of nitrogens with one attached hydrogen (secondary N) is 3. The summed E-state index contributed by atoms with van der Waals surface area (Å²) in [5.41, 5.74) is 3.79. The zero-order valence-corrected chi connectivity index (χ0v) is 33.6. The highest BCUT2D eigenvalue weighted by molar-refractivity contribution is 5.83. The van der Waals surface area contributed by atoms with E-state index in [0.717, 1.165) is 51.4 Å². The monoisotopic (exact) mass is 733 g/mol. The van der Waals surface area contributed by atoms with Gasteiger partial charge in [0, 0.05) is 69.2 Å². The maximum absolute atomic E-state index is 14.3. The van der Waals surface area contributed by atoms with Crippen LogP contribution in [0.25, 0.3) is 0 Å². The molecule has 7 fully saturated rings. The third kappa shape index (κ3) is 7.97. The van der Waals surface area contributed by atoms with E-state index in [1.807, 2.05) is 0 Å². The Morgan fingerprint density at radius 2 is 1.83 bits per heavy atom. The van der Waals surface area contributed by atoms with Crippen molar-refractivity contribution in [1.29, 1.82) is 0 Å². The van der Waals surface area contributed by atoms with E-state index in [1.165, 1.54) is 6.42 Å². The molecule has 0 aromatic rings. The topological polar surface area (TPSA) is 139 Å². The lowest BCUT2D eigenvalue weighted by Crippen LogP contribution is -2.62. The maximum Gasteiger partial charge on any atom is 0.240 e. The van der Waals surface area contributed by atoms with Crippen molar-refractivity contribution in [2.45, 2.75) is 141 Å². The molecule has 5 aliphatic carbocycles. The summed E-state index contributed by atoms with van der Waals surface area (Å²) in [6.07, 6.45) is 7.46. The summed E-state index contributed by atoms with van der Waals surface area (Å²) in [6.45, 7) is 11.8. The number of fused-ring (bicyclic) bond motifs is 2. The normalized spacial score (nSPS) is 44.3. The second kappa shape index (κ2) is 16.4. The maximum atomic E-state index is 14.3. The first-order valence-corrected chi connectivity index (χ1v) is 20.6. The SMILES string of the molecule is COC1C(CN2O[C@@H](CO)[C@H]([C@H](C)O)[C@H]2C(=O)N[C@H]2C[C@H]3C[C@@H]([C@@H]2C)C3(C)C)CCCC1C1CC(C(=O)NCC2CC(C)N(C)N2)CC(N(C)C)C1. The van der Waals surface area contributed by atoms with Crippen LogP contribution in [0.2, 0.25) is 0 Å². The Kier molecular flexibility index (Phi) is 12.7. The van der Waals surface area contributed by atoms with Crippen molar-refractivity contribution in [1.82, 2.24) is 31.0 Å². The van der Waals surface area contributed by atoms with Crippen LogP contribution in [0.5, 0.6) is 0 Å². The fraction of sp³-hybridized carbons (Fsp3) is 0.950. The van der Waals surface area contributed by atoms with Gasteiger partial charge in [-0.3, -0.25) is 19.9 Å². The Balaban J connectivity index is 1.14. The Labute approximate surface area is 313 Å². The molecule has 0 radical (unpaired) electrons. The number of ether oxygens (including phenoxy) is 1. The Bertz CT molecular complexity index is 1230. The predicted octanol–water partition coefficient (Wildman–Crippen LogP) is 2.64. The van der Waals surface area contributed by atoms with Crippen LogP contribution in [-0.2, 0) is 19.2 Å². The lowest BCUT2D eigenvalue weighted by atomic mass is 9.45. The van der Waals surface area contributed by atoms with Crippen molar-refractivity contribution in [3.8, 4) is 0 Å². The number of aliphatic hydroxyl groups excluding tert-OH is 2. The number of hydroxylamine groups is 2. The molecule has 8 unspecified atom stereocenters. The molecule has 0 aromatic heterocycles. The number of carbonyl (C=O) groups is 2. The number of nitrogens with zero attached hydrogens (tertiary/aromatic N) is 3. The first-order chi connectivity index (χ1) is 24.6. The lowest BCUT2D eigenvalue weighted by Gasteiger charge is -2.62. The molecule has 12 nitrogen and oxygen atoms in total. The van der Waals surface area contributed by atoms with E-state index >= 15 is 0 Å². The number of amides is 2. The molecule has 12 heteroatoms. The molecular formula is C40H72N6O6. The molecule has 5 saturated carbocycles. The average molecular weight is 733 g/mol. The van der Waals surface area contributed by atoms with Crippen LogP contribution >= 0.6 is 0 Å². The minimum atomic E-state index is -0.826.